The number of nitrogens with one attached hydrogen (secondary N) is 2. The molecule has 0 spiro atoms. The molecule has 8 aliphatic heterocycles. The summed E-state index contributed by atoms with van der Waals surface area (Å²) in [7, 11) is 0. The van der Waals surface area contributed by atoms with E-state index in [1.165, 1.54) is 13.8 Å². The highest BCUT2D eigenvalue weighted by Gasteiger charge is 2.60. The van der Waals surface area contributed by atoms with Crippen molar-refractivity contribution in [1.82, 2.24) is 10.6 Å². The van der Waals surface area contributed by atoms with Crippen LogP contribution in [0.2, 0.25) is 0 Å². The van der Waals surface area contributed by atoms with E-state index >= 15 is 0 Å². The van der Waals surface area contributed by atoms with Crippen LogP contribution in [0, 0.1) is 0 Å². The molecule has 60 heavy (non-hydrogen) atoms. The molecule has 0 aromatic carbocycles. The van der Waals surface area contributed by atoms with Gasteiger partial charge in [0.05, 0.1) is 25.4 Å². The Hall–Kier alpha value is -2.39. The summed E-state index contributed by atoms with van der Waals surface area (Å²) in [5.74, 6) is -3.38. The summed E-state index contributed by atoms with van der Waals surface area (Å²) >= 11 is 0. The summed E-state index contributed by atoms with van der Waals surface area (Å²) < 4.78 is 59.3. The van der Waals surface area contributed by atoms with Crippen LogP contribution in [0.3, 0.4) is 0 Å². The number of amides is 2. The first-order valence-electron chi connectivity index (χ1n) is 19.3. The molecule has 2 amide bonds. The van der Waals surface area contributed by atoms with Crippen LogP contribution in [0.15, 0.2) is 0 Å². The van der Waals surface area contributed by atoms with Crippen molar-refractivity contribution in [3.63, 3.8) is 0 Å². The van der Waals surface area contributed by atoms with Crippen molar-refractivity contribution in [1.29, 1.82) is 0 Å². The van der Waals surface area contributed by atoms with Crippen LogP contribution in [0.4, 0.5) is 0 Å². The molecule has 8 aliphatic rings. The van der Waals surface area contributed by atoms with E-state index in [9.17, 15) is 70.6 Å². The number of carboxylic acid groups (broad SMARTS) is 1. The first-order chi connectivity index (χ1) is 28.3. The van der Waals surface area contributed by atoms with Gasteiger partial charge in [0, 0.05) is 13.8 Å². The summed E-state index contributed by atoms with van der Waals surface area (Å²) in [4.78, 5) is 38.3. The number of hydrogen-bond donors (Lipinski definition) is 13. The van der Waals surface area contributed by atoms with Crippen molar-refractivity contribution >= 4 is 17.8 Å². The van der Waals surface area contributed by atoms with E-state index < -0.39 is 184 Å². The lowest BCUT2D eigenvalue weighted by Gasteiger charge is -2.53. The first kappa shape index (κ1) is 47.1. The van der Waals surface area contributed by atoms with Crippen molar-refractivity contribution in [2.24, 2.45) is 0 Å². The third kappa shape index (κ3) is 9.29. The number of ether oxygens (including phenoxy) is 10. The summed E-state index contributed by atoms with van der Waals surface area (Å²) in [5.41, 5.74) is 0. The van der Waals surface area contributed by atoms with Gasteiger partial charge < -0.3 is 114 Å². The molecule has 0 aliphatic carbocycles. The topological polar surface area (TPSA) is 390 Å². The lowest BCUT2D eigenvalue weighted by Crippen LogP contribution is -2.73. The van der Waals surface area contributed by atoms with E-state index in [4.69, 9.17) is 47.4 Å². The SMILES string of the molecule is CC(=O)N[C@H]1[C@H]2O[C@H]3[C@H](O)[C@@H](O)[C@@H](O[C@H]4[C@H](O)[C@H](O[C@H]5[C@H](O)[C@@H](CO)O[C@@H](O[C@@H]([C@@H]1O[C@@H]1O[C@@H](C)[C@@H](O)[C@@H](O)[C@@H]1O)[C@@H](CO)O2)[C@@H]5NC(C)=O)O[C@@H](C)[C@H]4O)O[C@@H]3C(=O)O. The normalized spacial score (nSPS) is 51.2. The number of hydrogen-bond acceptors (Lipinski definition) is 23. The smallest absolute Gasteiger partial charge is 0.335 e. The molecule has 13 N–H and O–H groups in total. The van der Waals surface area contributed by atoms with Crippen molar-refractivity contribution in [3.05, 3.63) is 0 Å². The average Bonchev–Trinajstić information content (AvgIpc) is 3.19. The fourth-order valence-corrected chi connectivity index (χ4v) is 8.09. The summed E-state index contributed by atoms with van der Waals surface area (Å²) in [6, 6.07) is -3.36. The first-order valence-corrected chi connectivity index (χ1v) is 19.3. The Morgan fingerprint density at radius 3 is 1.65 bits per heavy atom. The quantitative estimate of drug-likeness (QED) is 0.113. The lowest BCUT2D eigenvalue weighted by molar-refractivity contribution is -0.396. The van der Waals surface area contributed by atoms with Gasteiger partial charge in [-0.2, -0.15) is 0 Å². The fraction of sp³-hybridized carbons (Fsp3) is 0.912. The Morgan fingerprint density at radius 2 is 1.03 bits per heavy atom. The maximum Gasteiger partial charge on any atom is 0.335 e. The van der Waals surface area contributed by atoms with Gasteiger partial charge in [0.2, 0.25) is 11.8 Å². The number of aliphatic hydroxyl groups excluding tert-OH is 10. The van der Waals surface area contributed by atoms with Crippen molar-refractivity contribution in [2.75, 3.05) is 13.2 Å². The highest BCUT2D eigenvalue weighted by Crippen LogP contribution is 2.38. The molecule has 25 atom stereocenters. The lowest BCUT2D eigenvalue weighted by atomic mass is 9.92. The van der Waals surface area contributed by atoms with Gasteiger partial charge in [-0.25, -0.2) is 4.79 Å². The van der Waals surface area contributed by atoms with Crippen LogP contribution in [-0.4, -0.2) is 241 Å². The third-order valence-corrected chi connectivity index (χ3v) is 11.3. The highest BCUT2D eigenvalue weighted by atomic mass is 16.8. The monoisotopic (exact) mass is 874 g/mol. The molecule has 8 saturated heterocycles. The van der Waals surface area contributed by atoms with Crippen molar-refractivity contribution in [2.45, 2.75) is 181 Å². The minimum Gasteiger partial charge on any atom is -0.479 e. The zero-order valence-corrected chi connectivity index (χ0v) is 32.6. The van der Waals surface area contributed by atoms with Crippen LogP contribution >= 0.6 is 0 Å². The molecule has 0 radical (unpaired) electrons. The van der Waals surface area contributed by atoms with E-state index in [0.29, 0.717) is 0 Å². The second-order valence-corrected chi connectivity index (χ2v) is 15.5. The van der Waals surface area contributed by atoms with E-state index in [-0.39, 0.29) is 0 Å². The molecular formula is C34H54N2O24. The molecule has 0 aromatic heterocycles. The van der Waals surface area contributed by atoms with Gasteiger partial charge in [0.15, 0.2) is 37.6 Å². The standard InChI is InChI=1S/C34H54N2O24/c1-7-15(41)18(44)20(46)32(51-7)57-25-14(36-10(4)40)31-54-12(6-38)23(25)55-30-13(35-9(3)39)24(17(43)11(5-37)53-30)56-34-22(48)26(16(42)8(2)52-34)58-33-21(47)19(45)27(59-31)28(60-33)29(49)50/h7-8,11-28,30-34,37-38,41-48H,5-6H2,1-4H3,(H,35,39)(H,36,40)(H,49,50)/t7-,8-,11+,12+,13+,14+,15+,16+,17+,18+,19+,20-,21+,22-,23+,24+,25+,26+,27-,28-,30-,31+,32-,33-,34-/m0/s1. The number of carbonyl (C=O) groups is 3. The Bertz CT molecular complexity index is 1500. The third-order valence-electron chi connectivity index (χ3n) is 11.3. The molecule has 8 rings (SSSR count). The number of carbonyl (C=O) groups excluding carboxylic acids is 2. The van der Waals surface area contributed by atoms with Gasteiger partial charge in [-0.1, -0.05) is 0 Å². The second kappa shape index (κ2) is 19.2. The van der Waals surface area contributed by atoms with Gasteiger partial charge >= 0.3 is 5.97 Å². The Balaban J connectivity index is 1.52. The van der Waals surface area contributed by atoms with E-state index in [1.807, 2.05) is 0 Å². The Kier molecular flexibility index (Phi) is 15.0. The molecule has 0 unspecified atom stereocenters. The average molecular weight is 875 g/mol. The van der Waals surface area contributed by atoms with Crippen LogP contribution < -0.4 is 10.6 Å². The largest absolute Gasteiger partial charge is 0.479 e. The molecule has 8 bridgehead atoms. The fourth-order valence-electron chi connectivity index (χ4n) is 8.09. The van der Waals surface area contributed by atoms with Gasteiger partial charge in [-0.3, -0.25) is 9.59 Å². The summed E-state index contributed by atoms with van der Waals surface area (Å²) in [5, 5.41) is 125. The van der Waals surface area contributed by atoms with Crippen molar-refractivity contribution in [3.8, 4) is 0 Å². The second-order valence-electron chi connectivity index (χ2n) is 15.5. The highest BCUT2D eigenvalue weighted by molar-refractivity contribution is 5.74. The summed E-state index contributed by atoms with van der Waals surface area (Å²) in [6.45, 7) is 2.84. The molecule has 8 fully saturated rings. The molecule has 0 saturated carbocycles. The number of carboxylic acids is 1. The Labute approximate surface area is 340 Å². The molecule has 26 nitrogen and oxygen atoms in total. The number of rotatable bonds is 7. The molecule has 26 heteroatoms. The molecule has 344 valence electrons. The predicted molar refractivity (Wildman–Crippen MR) is 184 cm³/mol. The molecule has 8 heterocycles. The van der Waals surface area contributed by atoms with Gasteiger partial charge in [0.1, 0.15) is 104 Å². The van der Waals surface area contributed by atoms with Gasteiger partial charge in [0.25, 0.3) is 0 Å². The van der Waals surface area contributed by atoms with Gasteiger partial charge in [-0.05, 0) is 13.8 Å². The van der Waals surface area contributed by atoms with Crippen LogP contribution in [-0.2, 0) is 61.8 Å². The number of fused-ring (bicyclic) bond motifs is 2. The van der Waals surface area contributed by atoms with Crippen LogP contribution in [0.25, 0.3) is 0 Å². The van der Waals surface area contributed by atoms with E-state index in [1.54, 1.807) is 0 Å². The van der Waals surface area contributed by atoms with Gasteiger partial charge in [-0.15, -0.1) is 0 Å². The van der Waals surface area contributed by atoms with Crippen LogP contribution in [0.5, 0.6) is 0 Å². The number of aliphatic hydroxyl groups is 10. The van der Waals surface area contributed by atoms with E-state index in [2.05, 4.69) is 10.6 Å². The zero-order chi connectivity index (χ0) is 44.1. The minimum atomic E-state index is -2.23. The van der Waals surface area contributed by atoms with E-state index in [0.717, 1.165) is 13.8 Å². The molecular weight excluding hydrogens is 820 g/mol. The molecule has 0 aromatic rings. The Morgan fingerprint density at radius 1 is 0.500 bits per heavy atom. The predicted octanol–water partition coefficient (Wildman–Crippen LogP) is -8.44. The van der Waals surface area contributed by atoms with Crippen molar-refractivity contribution < 1.29 is 118 Å². The van der Waals surface area contributed by atoms with Crippen LogP contribution in [0.1, 0.15) is 27.7 Å². The maximum absolute atomic E-state index is 12.9. The zero-order valence-electron chi connectivity index (χ0n) is 32.6. The minimum absolute atomic E-state index is 0.761. The maximum atomic E-state index is 12.9. The summed E-state index contributed by atoms with van der Waals surface area (Å²) in [6.07, 6.45) is -42.4. The number of aliphatic carboxylic acids is 1.